The Bertz CT molecular complexity index is 514. The molecule has 2 rings (SSSR count). The van der Waals surface area contributed by atoms with E-state index in [1.54, 1.807) is 48.5 Å². The first-order valence-corrected chi connectivity index (χ1v) is 8.19. The maximum Gasteiger partial charge on any atom is 0.225 e. The van der Waals surface area contributed by atoms with Gasteiger partial charge in [-0.25, -0.2) is 0 Å². The van der Waals surface area contributed by atoms with Gasteiger partial charge in [-0.2, -0.15) is 0 Å². The van der Waals surface area contributed by atoms with Crippen molar-refractivity contribution in [2.75, 3.05) is 0 Å². The molecule has 0 radical (unpaired) electrons. The van der Waals surface area contributed by atoms with Gasteiger partial charge in [0.05, 0.1) is 0 Å². The molecular weight excluding hydrogens is 297 g/mol. The average molecular weight is 306 g/mol. The lowest BCUT2D eigenvalue weighted by Gasteiger charge is -2.11. The Morgan fingerprint density at radius 1 is 0.706 bits per heavy atom. The molecule has 0 fully saturated rings. The van der Waals surface area contributed by atoms with E-state index in [0.717, 1.165) is 0 Å². The Balaban J connectivity index is 2.45. The van der Waals surface area contributed by atoms with Gasteiger partial charge in [-0.1, -0.05) is 23.2 Å². The summed E-state index contributed by atoms with van der Waals surface area (Å²) in [7, 11) is 0. The predicted molar refractivity (Wildman–Crippen MR) is 75.6 cm³/mol. The molecule has 0 spiro atoms. The van der Waals surface area contributed by atoms with Crippen LogP contribution < -0.4 is 10.6 Å². The highest BCUT2D eigenvalue weighted by Gasteiger charge is 2.23. The lowest BCUT2D eigenvalue weighted by Crippen LogP contribution is -2.11. The van der Waals surface area contributed by atoms with E-state index < -0.39 is 6.49 Å². The molecule has 0 heterocycles. The van der Waals surface area contributed by atoms with Gasteiger partial charge in [0.1, 0.15) is 0 Å². The molecule has 0 aliphatic carbocycles. The molecule has 2 aromatic rings. The summed E-state index contributed by atoms with van der Waals surface area (Å²) in [6.07, 6.45) is 0. The van der Waals surface area contributed by atoms with E-state index in [1.807, 2.05) is 0 Å². The van der Waals surface area contributed by atoms with Gasteiger partial charge in [-0.3, -0.25) is 4.57 Å². The summed E-state index contributed by atoms with van der Waals surface area (Å²) >= 11 is 17.7. The fraction of sp³-hybridized carbons (Fsp3) is 0. The quantitative estimate of drug-likeness (QED) is 0.749. The minimum atomic E-state index is -3.08. The van der Waals surface area contributed by atoms with E-state index in [0.29, 0.717) is 20.7 Å². The monoisotopic (exact) mass is 304 g/mol. The molecule has 0 amide bonds. The summed E-state index contributed by atoms with van der Waals surface area (Å²) in [5, 5.41) is 2.29. The first-order valence-electron chi connectivity index (χ1n) is 4.82. The molecule has 0 saturated heterocycles. The molecule has 0 bridgehead atoms. The molecule has 0 N–H and O–H groups in total. The molecule has 0 unspecified atom stereocenters. The van der Waals surface area contributed by atoms with E-state index in [4.69, 9.17) is 34.4 Å². The summed E-state index contributed by atoms with van der Waals surface area (Å²) in [5.74, 6) is 0. The van der Waals surface area contributed by atoms with Crippen molar-refractivity contribution in [3.63, 3.8) is 0 Å². The third kappa shape index (κ3) is 2.86. The van der Waals surface area contributed by atoms with Gasteiger partial charge in [-0.05, 0) is 59.8 Å². The molecule has 2 aromatic carbocycles. The summed E-state index contributed by atoms with van der Waals surface area (Å²) in [6.45, 7) is -3.08. The summed E-state index contributed by atoms with van der Waals surface area (Å²) in [5.41, 5.74) is 0. The Hall–Kier alpha value is -0.460. The van der Waals surface area contributed by atoms with Crippen LogP contribution in [0.5, 0.6) is 0 Å². The Morgan fingerprint density at radius 2 is 1.00 bits per heavy atom. The molecule has 5 heteroatoms. The predicted octanol–water partition coefficient (Wildman–Crippen LogP) is 4.46. The molecule has 0 aliphatic heterocycles. The van der Waals surface area contributed by atoms with Crippen LogP contribution in [-0.4, -0.2) is 0 Å². The zero-order valence-corrected chi connectivity index (χ0v) is 11.8. The Kier molecular flexibility index (Phi) is 3.85. The van der Waals surface area contributed by atoms with Gasteiger partial charge < -0.3 is 0 Å². The second-order valence-electron chi connectivity index (χ2n) is 3.49. The van der Waals surface area contributed by atoms with Crippen LogP contribution in [0.1, 0.15) is 0 Å². The van der Waals surface area contributed by atoms with Crippen LogP contribution in [0, 0.1) is 0 Å². The Labute approximate surface area is 114 Å². The molecule has 0 aliphatic rings. The zero-order valence-electron chi connectivity index (χ0n) is 8.61. The fourth-order valence-electron chi connectivity index (χ4n) is 1.41. The second-order valence-corrected chi connectivity index (χ2v) is 7.88. The lowest BCUT2D eigenvalue weighted by atomic mass is 10.4. The molecule has 88 valence electrons. The van der Waals surface area contributed by atoms with Gasteiger partial charge in [0, 0.05) is 20.7 Å². The van der Waals surface area contributed by atoms with Crippen LogP contribution in [0.25, 0.3) is 0 Å². The Morgan fingerprint density at radius 3 is 1.29 bits per heavy atom. The fourth-order valence-corrected chi connectivity index (χ4v) is 3.71. The van der Waals surface area contributed by atoms with Crippen LogP contribution in [0.3, 0.4) is 0 Å². The van der Waals surface area contributed by atoms with Crippen molar-refractivity contribution in [1.82, 2.24) is 0 Å². The van der Waals surface area contributed by atoms with Gasteiger partial charge in [0.15, 0.2) is 0 Å². The van der Waals surface area contributed by atoms with Crippen molar-refractivity contribution in [2.45, 2.75) is 0 Å². The summed E-state index contributed by atoms with van der Waals surface area (Å²) in [4.78, 5) is 0. The smallest absolute Gasteiger partial charge is 0.225 e. The van der Waals surface area contributed by atoms with Gasteiger partial charge in [0.2, 0.25) is 6.49 Å². The largest absolute Gasteiger partial charge is 0.296 e. The SMILES string of the molecule is O=P(Cl)(c1ccc(Cl)cc1)c1ccc(Cl)cc1. The van der Waals surface area contributed by atoms with Crippen molar-refractivity contribution in [3.05, 3.63) is 58.6 Å². The molecule has 0 aromatic heterocycles. The van der Waals surface area contributed by atoms with Crippen LogP contribution in [0.2, 0.25) is 10.0 Å². The topological polar surface area (TPSA) is 17.1 Å². The molecule has 0 saturated carbocycles. The number of rotatable bonds is 2. The van der Waals surface area contributed by atoms with Crippen LogP contribution in [-0.2, 0) is 4.57 Å². The van der Waals surface area contributed by atoms with E-state index in [2.05, 4.69) is 0 Å². The maximum atomic E-state index is 12.5. The highest BCUT2D eigenvalue weighted by atomic mass is 35.7. The van der Waals surface area contributed by atoms with E-state index in [9.17, 15) is 4.57 Å². The molecule has 0 atom stereocenters. The van der Waals surface area contributed by atoms with Crippen molar-refractivity contribution >= 4 is 51.5 Å². The summed E-state index contributed by atoms with van der Waals surface area (Å²) < 4.78 is 12.5. The van der Waals surface area contributed by atoms with Crippen LogP contribution >= 0.6 is 40.9 Å². The van der Waals surface area contributed by atoms with E-state index in [1.165, 1.54) is 0 Å². The minimum absolute atomic E-state index is 0.561. The number of hydrogen-bond acceptors (Lipinski definition) is 1. The number of benzene rings is 2. The number of hydrogen-bond donors (Lipinski definition) is 0. The molecule has 1 nitrogen and oxygen atoms in total. The van der Waals surface area contributed by atoms with Crippen LogP contribution in [0.15, 0.2) is 48.5 Å². The first-order chi connectivity index (χ1) is 8.00. The third-order valence-corrected chi connectivity index (χ3v) is 5.92. The van der Waals surface area contributed by atoms with Crippen molar-refractivity contribution in [2.24, 2.45) is 0 Å². The molecule has 17 heavy (non-hydrogen) atoms. The third-order valence-electron chi connectivity index (χ3n) is 2.32. The highest BCUT2D eigenvalue weighted by molar-refractivity contribution is 8.00. The normalized spacial score (nSPS) is 11.5. The van der Waals surface area contributed by atoms with Gasteiger partial charge >= 0.3 is 0 Å². The highest BCUT2D eigenvalue weighted by Crippen LogP contribution is 2.48. The van der Waals surface area contributed by atoms with Crippen LogP contribution in [0.4, 0.5) is 0 Å². The van der Waals surface area contributed by atoms with Gasteiger partial charge in [-0.15, -0.1) is 0 Å². The van der Waals surface area contributed by atoms with E-state index >= 15 is 0 Å². The molecular formula is C12H8Cl3OP. The standard InChI is InChI=1S/C12H8Cl3OP/c13-9-1-5-11(6-2-9)17(15,16)12-7-3-10(14)4-8-12/h1-8H. The first kappa shape index (κ1) is 13.0. The zero-order chi connectivity index (χ0) is 12.5. The average Bonchev–Trinajstić information content (AvgIpc) is 2.30. The van der Waals surface area contributed by atoms with Crippen molar-refractivity contribution in [3.8, 4) is 0 Å². The number of halogens is 3. The van der Waals surface area contributed by atoms with E-state index in [-0.39, 0.29) is 0 Å². The van der Waals surface area contributed by atoms with Crippen molar-refractivity contribution < 1.29 is 4.57 Å². The second kappa shape index (κ2) is 5.04. The van der Waals surface area contributed by atoms with Gasteiger partial charge in [0.25, 0.3) is 0 Å². The van der Waals surface area contributed by atoms with Crippen molar-refractivity contribution in [1.29, 1.82) is 0 Å². The summed E-state index contributed by atoms with van der Waals surface area (Å²) in [6, 6.07) is 13.4. The lowest BCUT2D eigenvalue weighted by molar-refractivity contribution is 0.595. The maximum absolute atomic E-state index is 12.5. The minimum Gasteiger partial charge on any atom is -0.296 e.